The van der Waals surface area contributed by atoms with Crippen LogP contribution < -0.4 is 4.74 Å². The fourth-order valence-corrected chi connectivity index (χ4v) is 2.70. The zero-order valence-corrected chi connectivity index (χ0v) is 16.0. The van der Waals surface area contributed by atoms with Crippen LogP contribution in [0.5, 0.6) is 11.5 Å². The Balaban J connectivity index is 2.65. The van der Waals surface area contributed by atoms with Gasteiger partial charge in [0.25, 0.3) is 0 Å². The lowest BCUT2D eigenvalue weighted by atomic mass is 10.1. The average molecular weight is 417 g/mol. The molecule has 4 nitrogen and oxygen atoms in total. The maximum absolute atomic E-state index is 14.5. The molecule has 0 bridgehead atoms. The molecule has 0 unspecified atom stereocenters. The van der Waals surface area contributed by atoms with E-state index in [1.165, 1.54) is 6.07 Å². The van der Waals surface area contributed by atoms with E-state index in [0.29, 0.717) is 11.4 Å². The second-order valence-corrected chi connectivity index (χ2v) is 6.68. The second kappa shape index (κ2) is 7.49. The molecule has 0 N–H and O–H groups in total. The highest BCUT2D eigenvalue weighted by Crippen LogP contribution is 2.39. The molecule has 0 aliphatic heterocycles. The van der Waals surface area contributed by atoms with Crippen LogP contribution in [0.15, 0.2) is 22.8 Å². The molecule has 0 saturated heterocycles. The van der Waals surface area contributed by atoms with Crippen molar-refractivity contribution in [2.75, 3.05) is 7.11 Å². The quantitative estimate of drug-likeness (QED) is 0.477. The number of methoxy groups -OCH3 is 1. The summed E-state index contributed by atoms with van der Waals surface area (Å²) in [6.07, 6.45) is 1.68. The van der Waals surface area contributed by atoms with E-state index in [4.69, 9.17) is 16.3 Å². The van der Waals surface area contributed by atoms with Gasteiger partial charge in [-0.05, 0) is 46.5 Å². The van der Waals surface area contributed by atoms with Crippen LogP contribution in [0.2, 0.25) is 5.02 Å². The number of benzene rings is 1. The summed E-state index contributed by atoms with van der Waals surface area (Å²) in [4.78, 5) is 16.3. The zero-order chi connectivity index (χ0) is 18.0. The summed E-state index contributed by atoms with van der Waals surface area (Å²) in [5.74, 6) is -1.20. The van der Waals surface area contributed by atoms with Crippen LogP contribution in [0.3, 0.4) is 0 Å². The van der Waals surface area contributed by atoms with Gasteiger partial charge in [-0.3, -0.25) is 4.98 Å². The molecule has 0 saturated carbocycles. The first-order chi connectivity index (χ1) is 11.3. The van der Waals surface area contributed by atoms with Crippen molar-refractivity contribution in [3.05, 3.63) is 50.5 Å². The number of halogens is 3. The lowest BCUT2D eigenvalue weighted by Gasteiger charge is -2.17. The maximum atomic E-state index is 14.5. The zero-order valence-electron chi connectivity index (χ0n) is 13.6. The number of rotatable bonds is 4. The van der Waals surface area contributed by atoms with E-state index in [1.807, 2.05) is 20.8 Å². The number of hydrogen-bond donors (Lipinski definition) is 0. The Morgan fingerprint density at radius 2 is 2.08 bits per heavy atom. The van der Waals surface area contributed by atoms with Crippen LogP contribution in [0.25, 0.3) is 0 Å². The van der Waals surface area contributed by atoms with Crippen LogP contribution in [0, 0.1) is 12.7 Å². The van der Waals surface area contributed by atoms with Gasteiger partial charge in [0.2, 0.25) is 0 Å². The molecule has 0 radical (unpaired) electrons. The minimum Gasteiger partial charge on any atom is -0.465 e. The molecule has 24 heavy (non-hydrogen) atoms. The molecule has 1 aromatic heterocycles. The number of aromatic nitrogens is 1. The smallest absolute Gasteiger partial charge is 0.344 e. The van der Waals surface area contributed by atoms with Crippen molar-refractivity contribution in [1.82, 2.24) is 4.98 Å². The van der Waals surface area contributed by atoms with Crippen LogP contribution >= 0.6 is 27.5 Å². The Morgan fingerprint density at radius 1 is 1.42 bits per heavy atom. The number of nitrogens with zero attached hydrogens (tertiary/aromatic N) is 1. The molecule has 128 valence electrons. The number of esters is 1. The lowest BCUT2D eigenvalue weighted by molar-refractivity contribution is 0.0592. The summed E-state index contributed by atoms with van der Waals surface area (Å²) >= 11 is 9.04. The number of carbonyl (C=O) groups is 1. The lowest BCUT2D eigenvalue weighted by Crippen LogP contribution is -2.09. The minimum atomic E-state index is -0.902. The first-order valence-corrected chi connectivity index (χ1v) is 8.34. The Hall–Kier alpha value is -1.66. The van der Waals surface area contributed by atoms with Crippen LogP contribution in [-0.4, -0.2) is 18.1 Å². The van der Waals surface area contributed by atoms with Crippen molar-refractivity contribution in [2.24, 2.45) is 0 Å². The molecule has 0 atom stereocenters. The molecule has 7 heteroatoms. The number of ether oxygens (including phenoxy) is 2. The standard InChI is InChI=1S/C17H16BrClFNO3/c1-8(2)15-16(9(3)5-6-21-15)24-11-7-10(18)13(19)14(20)12(11)17(22)23-4/h5-8H,1-4H3. The molecule has 0 fully saturated rings. The fraction of sp³-hybridized carbons (Fsp3) is 0.294. The molecule has 2 aromatic rings. The molecule has 2 rings (SSSR count). The number of aryl methyl sites for hydroxylation is 1. The summed E-state index contributed by atoms with van der Waals surface area (Å²) in [5, 5.41) is -0.213. The highest BCUT2D eigenvalue weighted by molar-refractivity contribution is 9.10. The van der Waals surface area contributed by atoms with Crippen molar-refractivity contribution in [2.45, 2.75) is 26.7 Å². The normalized spacial score (nSPS) is 10.8. The molecule has 0 aliphatic carbocycles. The Morgan fingerprint density at radius 3 is 2.67 bits per heavy atom. The van der Waals surface area contributed by atoms with Gasteiger partial charge in [-0.2, -0.15) is 0 Å². The van der Waals surface area contributed by atoms with Crippen molar-refractivity contribution in [3.63, 3.8) is 0 Å². The van der Waals surface area contributed by atoms with E-state index in [-0.39, 0.29) is 26.7 Å². The van der Waals surface area contributed by atoms with Crippen molar-refractivity contribution in [1.29, 1.82) is 0 Å². The van der Waals surface area contributed by atoms with Crippen molar-refractivity contribution < 1.29 is 18.7 Å². The fourth-order valence-electron chi connectivity index (χ4n) is 2.17. The van der Waals surface area contributed by atoms with Gasteiger partial charge in [0.15, 0.2) is 11.6 Å². The first-order valence-electron chi connectivity index (χ1n) is 7.17. The van der Waals surface area contributed by atoms with Gasteiger partial charge in [-0.25, -0.2) is 9.18 Å². The Kier molecular flexibility index (Phi) is 5.83. The van der Waals surface area contributed by atoms with Gasteiger partial charge >= 0.3 is 5.97 Å². The average Bonchev–Trinajstić information content (AvgIpc) is 2.54. The van der Waals surface area contributed by atoms with Crippen LogP contribution in [0.4, 0.5) is 4.39 Å². The van der Waals surface area contributed by atoms with Gasteiger partial charge in [0.05, 0.1) is 17.8 Å². The third kappa shape index (κ3) is 3.54. The third-order valence-corrected chi connectivity index (χ3v) is 4.63. The Bertz CT molecular complexity index is 796. The highest BCUT2D eigenvalue weighted by Gasteiger charge is 2.25. The topological polar surface area (TPSA) is 48.4 Å². The molecule has 0 spiro atoms. The first kappa shape index (κ1) is 18.7. The molecular formula is C17H16BrClFNO3. The van der Waals surface area contributed by atoms with Gasteiger partial charge in [0, 0.05) is 10.7 Å². The largest absolute Gasteiger partial charge is 0.465 e. The summed E-state index contributed by atoms with van der Waals surface area (Å²) in [5.41, 5.74) is 1.16. The van der Waals surface area contributed by atoms with E-state index in [0.717, 1.165) is 12.7 Å². The van der Waals surface area contributed by atoms with Crippen molar-refractivity contribution in [3.8, 4) is 11.5 Å². The predicted octanol–water partition coefficient (Wildman–Crippen LogP) is 5.65. The van der Waals surface area contributed by atoms with E-state index in [1.54, 1.807) is 12.3 Å². The number of pyridine rings is 1. The maximum Gasteiger partial charge on any atom is 0.344 e. The Labute approximate surface area is 153 Å². The molecule has 0 amide bonds. The summed E-state index contributed by atoms with van der Waals surface area (Å²) in [6, 6.07) is 3.22. The highest BCUT2D eigenvalue weighted by atomic mass is 79.9. The molecular weight excluding hydrogens is 401 g/mol. The minimum absolute atomic E-state index is 0.00799. The van der Waals surface area contributed by atoms with E-state index < -0.39 is 11.8 Å². The SMILES string of the molecule is COC(=O)c1c(Oc2c(C)ccnc2C(C)C)cc(Br)c(Cl)c1F. The monoisotopic (exact) mass is 415 g/mol. The number of hydrogen-bond acceptors (Lipinski definition) is 4. The molecule has 0 aliphatic rings. The van der Waals surface area contributed by atoms with Gasteiger partial charge < -0.3 is 9.47 Å². The van der Waals surface area contributed by atoms with E-state index >= 15 is 0 Å². The predicted molar refractivity (Wildman–Crippen MR) is 93.6 cm³/mol. The van der Waals surface area contributed by atoms with Crippen LogP contribution in [-0.2, 0) is 4.74 Å². The summed E-state index contributed by atoms with van der Waals surface area (Å²) in [6.45, 7) is 5.78. The van der Waals surface area contributed by atoms with E-state index in [9.17, 15) is 9.18 Å². The van der Waals surface area contributed by atoms with Gasteiger partial charge in [-0.1, -0.05) is 25.4 Å². The van der Waals surface area contributed by atoms with E-state index in [2.05, 4.69) is 25.7 Å². The second-order valence-electron chi connectivity index (χ2n) is 5.45. The van der Waals surface area contributed by atoms with Gasteiger partial charge in [-0.15, -0.1) is 0 Å². The third-order valence-electron chi connectivity index (χ3n) is 3.40. The number of carbonyl (C=O) groups excluding carboxylic acids is 1. The van der Waals surface area contributed by atoms with Crippen molar-refractivity contribution >= 4 is 33.5 Å². The molecule has 1 heterocycles. The summed E-state index contributed by atoms with van der Waals surface area (Å²) in [7, 11) is 1.16. The summed E-state index contributed by atoms with van der Waals surface area (Å²) < 4.78 is 25.3. The van der Waals surface area contributed by atoms with Crippen LogP contribution in [0.1, 0.15) is 41.4 Å². The molecule has 1 aromatic carbocycles. The van der Waals surface area contributed by atoms with Gasteiger partial charge in [0.1, 0.15) is 11.3 Å².